The van der Waals surface area contributed by atoms with Crippen LogP contribution in [0, 0.1) is 16.0 Å². The van der Waals surface area contributed by atoms with E-state index in [0.717, 1.165) is 37.3 Å². The van der Waals surface area contributed by atoms with Crippen molar-refractivity contribution in [3.8, 4) is 5.75 Å². The van der Waals surface area contributed by atoms with Gasteiger partial charge in [0.15, 0.2) is 6.79 Å². The molecule has 1 saturated heterocycles. The van der Waals surface area contributed by atoms with Gasteiger partial charge in [0.2, 0.25) is 5.91 Å². The number of ether oxygens (including phenoxy) is 2. The molecule has 9 heteroatoms. The number of furan rings is 1. The van der Waals surface area contributed by atoms with Crippen molar-refractivity contribution < 1.29 is 23.6 Å². The molecule has 154 valence electrons. The van der Waals surface area contributed by atoms with Gasteiger partial charge in [0.25, 0.3) is 5.69 Å². The molecule has 3 heterocycles. The van der Waals surface area contributed by atoms with Gasteiger partial charge in [-0.3, -0.25) is 19.8 Å². The van der Waals surface area contributed by atoms with E-state index in [0.29, 0.717) is 31.0 Å². The standard InChI is InChI=1S/C20H23N3O6/c24-20(21-10-18-2-1-7-28-18)14-3-5-22(6-4-14)11-15-8-17(23(25)26)9-16-12-27-13-29-19(15)16/h1-2,7-9,14H,3-6,10-13H2,(H,21,24). The van der Waals surface area contributed by atoms with Crippen molar-refractivity contribution in [3.63, 3.8) is 0 Å². The number of benzene rings is 1. The van der Waals surface area contributed by atoms with Crippen LogP contribution in [0.1, 0.15) is 29.7 Å². The first-order chi connectivity index (χ1) is 14.1. The van der Waals surface area contributed by atoms with Gasteiger partial charge in [-0.2, -0.15) is 0 Å². The Bertz CT molecular complexity index is 875. The first kappa shape index (κ1) is 19.4. The Labute approximate surface area is 167 Å². The summed E-state index contributed by atoms with van der Waals surface area (Å²) in [6.07, 6.45) is 3.07. The minimum absolute atomic E-state index is 0.0364. The summed E-state index contributed by atoms with van der Waals surface area (Å²) in [5, 5.41) is 14.2. The number of nitrogens with one attached hydrogen (secondary N) is 1. The molecule has 0 aliphatic carbocycles. The van der Waals surface area contributed by atoms with Crippen LogP contribution in [0.15, 0.2) is 34.9 Å². The summed E-state index contributed by atoms with van der Waals surface area (Å²) in [6.45, 7) is 2.88. The number of carbonyl (C=O) groups is 1. The van der Waals surface area contributed by atoms with E-state index in [1.807, 2.05) is 6.07 Å². The molecule has 1 aromatic heterocycles. The number of amides is 1. The molecule has 0 radical (unpaired) electrons. The Hall–Kier alpha value is -2.91. The van der Waals surface area contributed by atoms with E-state index in [-0.39, 0.29) is 24.3 Å². The molecule has 1 N–H and O–H groups in total. The van der Waals surface area contributed by atoms with E-state index < -0.39 is 4.92 Å². The third-order valence-corrected chi connectivity index (χ3v) is 5.35. The second-order valence-electron chi connectivity index (χ2n) is 7.31. The van der Waals surface area contributed by atoms with Gasteiger partial charge in [0.1, 0.15) is 11.5 Å². The summed E-state index contributed by atoms with van der Waals surface area (Å²) in [6, 6.07) is 6.71. The molecule has 0 saturated carbocycles. The number of fused-ring (bicyclic) bond motifs is 1. The number of nitro groups is 1. The number of carbonyl (C=O) groups excluding carboxylic acids is 1. The zero-order valence-electron chi connectivity index (χ0n) is 16.0. The third kappa shape index (κ3) is 4.57. The Kier molecular flexibility index (Phi) is 5.77. The maximum absolute atomic E-state index is 12.4. The molecule has 1 amide bonds. The summed E-state index contributed by atoms with van der Waals surface area (Å²) in [5.74, 6) is 1.41. The van der Waals surface area contributed by atoms with E-state index in [4.69, 9.17) is 13.9 Å². The molecule has 9 nitrogen and oxygen atoms in total. The van der Waals surface area contributed by atoms with Crippen molar-refractivity contribution in [2.75, 3.05) is 19.9 Å². The minimum Gasteiger partial charge on any atom is -0.467 e. The number of piperidine rings is 1. The van der Waals surface area contributed by atoms with Crippen LogP contribution >= 0.6 is 0 Å². The summed E-state index contributed by atoms with van der Waals surface area (Å²) in [5.41, 5.74) is 1.53. The smallest absolute Gasteiger partial charge is 0.270 e. The predicted molar refractivity (Wildman–Crippen MR) is 102 cm³/mol. The first-order valence-corrected chi connectivity index (χ1v) is 9.63. The lowest BCUT2D eigenvalue weighted by molar-refractivity contribution is -0.385. The summed E-state index contributed by atoms with van der Waals surface area (Å²) >= 11 is 0. The molecule has 2 aliphatic rings. The molecule has 2 aromatic rings. The Morgan fingerprint density at radius 3 is 2.86 bits per heavy atom. The number of likely N-dealkylation sites (tertiary alicyclic amines) is 1. The lowest BCUT2D eigenvalue weighted by Crippen LogP contribution is -2.40. The largest absolute Gasteiger partial charge is 0.467 e. The molecular formula is C20H23N3O6. The molecule has 0 bridgehead atoms. The minimum atomic E-state index is -0.395. The zero-order chi connectivity index (χ0) is 20.2. The molecule has 0 spiro atoms. The van der Waals surface area contributed by atoms with Crippen molar-refractivity contribution in [2.24, 2.45) is 5.92 Å². The molecular weight excluding hydrogens is 378 g/mol. The molecule has 4 rings (SSSR count). The number of nitrogens with zero attached hydrogens (tertiary/aromatic N) is 2. The van der Waals surface area contributed by atoms with Crippen LogP contribution in [0.3, 0.4) is 0 Å². The lowest BCUT2D eigenvalue weighted by atomic mass is 9.95. The van der Waals surface area contributed by atoms with Crippen molar-refractivity contribution in [3.05, 3.63) is 57.5 Å². The predicted octanol–water partition coefficient (Wildman–Crippen LogP) is 2.58. The second-order valence-corrected chi connectivity index (χ2v) is 7.31. The van der Waals surface area contributed by atoms with Crippen LogP contribution in [0.2, 0.25) is 0 Å². The molecule has 29 heavy (non-hydrogen) atoms. The Balaban J connectivity index is 1.35. The lowest BCUT2D eigenvalue weighted by Gasteiger charge is -2.32. The Morgan fingerprint density at radius 1 is 1.31 bits per heavy atom. The number of nitro benzene ring substituents is 1. The van der Waals surface area contributed by atoms with Crippen LogP contribution in [0.25, 0.3) is 0 Å². The maximum Gasteiger partial charge on any atom is 0.270 e. The number of non-ortho nitro benzene ring substituents is 1. The van der Waals surface area contributed by atoms with Crippen LogP contribution < -0.4 is 10.1 Å². The average Bonchev–Trinajstić information content (AvgIpc) is 3.26. The first-order valence-electron chi connectivity index (χ1n) is 9.63. The zero-order valence-corrected chi connectivity index (χ0v) is 16.0. The van der Waals surface area contributed by atoms with Gasteiger partial charge in [0.05, 0.1) is 24.3 Å². The van der Waals surface area contributed by atoms with Crippen LogP contribution in [0.5, 0.6) is 5.75 Å². The molecule has 0 atom stereocenters. The van der Waals surface area contributed by atoms with Crippen LogP contribution in [0.4, 0.5) is 5.69 Å². The maximum atomic E-state index is 12.4. The average molecular weight is 401 g/mol. The molecule has 2 aliphatic heterocycles. The highest BCUT2D eigenvalue weighted by Gasteiger charge is 2.27. The van der Waals surface area contributed by atoms with E-state index in [9.17, 15) is 14.9 Å². The summed E-state index contributed by atoms with van der Waals surface area (Å²) in [7, 11) is 0. The number of rotatable bonds is 6. The highest BCUT2D eigenvalue weighted by molar-refractivity contribution is 5.78. The van der Waals surface area contributed by atoms with Gasteiger partial charge in [-0.05, 0) is 38.1 Å². The third-order valence-electron chi connectivity index (χ3n) is 5.35. The number of hydrogen-bond donors (Lipinski definition) is 1. The van der Waals surface area contributed by atoms with E-state index in [1.54, 1.807) is 18.4 Å². The van der Waals surface area contributed by atoms with E-state index >= 15 is 0 Å². The second kappa shape index (κ2) is 8.62. The Morgan fingerprint density at radius 2 is 2.14 bits per heavy atom. The van der Waals surface area contributed by atoms with Crippen molar-refractivity contribution >= 4 is 11.6 Å². The van der Waals surface area contributed by atoms with Crippen molar-refractivity contribution in [2.45, 2.75) is 32.5 Å². The summed E-state index contributed by atoms with van der Waals surface area (Å²) < 4.78 is 16.1. The van der Waals surface area contributed by atoms with Gasteiger partial charge in [-0.25, -0.2) is 0 Å². The normalized spacial score (nSPS) is 17.4. The fourth-order valence-corrected chi connectivity index (χ4v) is 3.83. The van der Waals surface area contributed by atoms with Crippen LogP contribution in [-0.2, 0) is 29.2 Å². The van der Waals surface area contributed by atoms with E-state index in [1.165, 1.54) is 6.07 Å². The van der Waals surface area contributed by atoms with Crippen molar-refractivity contribution in [1.29, 1.82) is 0 Å². The molecule has 1 aromatic carbocycles. The highest BCUT2D eigenvalue weighted by Crippen LogP contribution is 2.34. The van der Waals surface area contributed by atoms with Crippen LogP contribution in [-0.4, -0.2) is 35.6 Å². The van der Waals surface area contributed by atoms with Gasteiger partial charge in [-0.1, -0.05) is 0 Å². The highest BCUT2D eigenvalue weighted by atomic mass is 16.7. The van der Waals surface area contributed by atoms with Crippen molar-refractivity contribution in [1.82, 2.24) is 10.2 Å². The van der Waals surface area contributed by atoms with Gasteiger partial charge in [-0.15, -0.1) is 0 Å². The fraction of sp³-hybridized carbons (Fsp3) is 0.450. The quantitative estimate of drug-likeness (QED) is 0.585. The fourth-order valence-electron chi connectivity index (χ4n) is 3.83. The van der Waals surface area contributed by atoms with Gasteiger partial charge < -0.3 is 19.2 Å². The molecule has 1 fully saturated rings. The summed E-state index contributed by atoms with van der Waals surface area (Å²) in [4.78, 5) is 25.5. The topological polar surface area (TPSA) is 107 Å². The number of hydrogen-bond acceptors (Lipinski definition) is 7. The van der Waals surface area contributed by atoms with Gasteiger partial charge >= 0.3 is 0 Å². The van der Waals surface area contributed by atoms with E-state index in [2.05, 4.69) is 10.2 Å². The van der Waals surface area contributed by atoms with Gasteiger partial charge in [0, 0.05) is 35.7 Å². The monoisotopic (exact) mass is 401 g/mol. The molecule has 0 unspecified atom stereocenters. The SMILES string of the molecule is O=C(NCc1ccco1)C1CCN(Cc2cc([N+](=O)[O-])cc3c2OCOC3)CC1.